The number of hydrogen-bond donors (Lipinski definition) is 2. The Morgan fingerprint density at radius 2 is 1.76 bits per heavy atom. The molecule has 0 aromatic heterocycles. The lowest BCUT2D eigenvalue weighted by Crippen LogP contribution is -2.19. The summed E-state index contributed by atoms with van der Waals surface area (Å²) in [5, 5.41) is 8.61. The minimum atomic E-state index is 0.0631. The van der Waals surface area contributed by atoms with E-state index >= 15 is 0 Å². The first-order valence-corrected chi connectivity index (χ1v) is 8.55. The number of nitrogens with zero attached hydrogens (tertiary/aromatic N) is 1. The lowest BCUT2D eigenvalue weighted by Gasteiger charge is -2.27. The molecule has 3 rings (SSSR count). The van der Waals surface area contributed by atoms with Crippen molar-refractivity contribution in [1.29, 1.82) is 5.26 Å². The van der Waals surface area contributed by atoms with Gasteiger partial charge in [-0.05, 0) is 67.9 Å². The van der Waals surface area contributed by atoms with Crippen LogP contribution in [-0.4, -0.2) is 6.10 Å². The summed E-state index contributed by atoms with van der Waals surface area (Å²) in [5.41, 5.74) is 15.7. The van der Waals surface area contributed by atoms with Crippen molar-refractivity contribution in [3.63, 3.8) is 0 Å². The van der Waals surface area contributed by atoms with Crippen molar-refractivity contribution in [2.75, 3.05) is 11.5 Å². The molecule has 1 saturated carbocycles. The van der Waals surface area contributed by atoms with Gasteiger partial charge < -0.3 is 20.9 Å². The first-order valence-electron chi connectivity index (χ1n) is 8.55. The van der Waals surface area contributed by atoms with Crippen LogP contribution in [0.25, 0.3) is 0 Å². The molecule has 0 aliphatic heterocycles. The minimum Gasteiger partial charge on any atom is -0.455 e. The monoisotopic (exact) mass is 337 g/mol. The normalized spacial score (nSPS) is 19.8. The lowest BCUT2D eigenvalue weighted by molar-refractivity contribution is 0.113. The third kappa shape index (κ3) is 3.97. The molecule has 2 aromatic carbocycles. The van der Waals surface area contributed by atoms with E-state index in [-0.39, 0.29) is 6.10 Å². The van der Waals surface area contributed by atoms with Crippen LogP contribution in [0.15, 0.2) is 36.4 Å². The Kier molecular flexibility index (Phi) is 4.99. The molecule has 0 saturated heterocycles. The van der Waals surface area contributed by atoms with Crippen LogP contribution < -0.4 is 16.2 Å². The number of nitrogens with two attached hydrogens (primary N) is 2. The van der Waals surface area contributed by atoms with Gasteiger partial charge in [-0.25, -0.2) is 0 Å². The lowest BCUT2D eigenvalue weighted by atomic mass is 9.82. The number of benzene rings is 2. The van der Waals surface area contributed by atoms with Crippen LogP contribution in [0.2, 0.25) is 0 Å². The molecule has 0 radical (unpaired) electrons. The van der Waals surface area contributed by atoms with E-state index in [0.717, 1.165) is 31.2 Å². The number of aryl methyl sites for hydroxylation is 1. The molecule has 0 unspecified atom stereocenters. The molecule has 4 N–H and O–H groups in total. The Morgan fingerprint density at radius 1 is 1.00 bits per heavy atom. The highest BCUT2D eigenvalue weighted by atomic mass is 16.5. The zero-order valence-electron chi connectivity index (χ0n) is 14.4. The van der Waals surface area contributed by atoms with Crippen LogP contribution in [0, 0.1) is 18.4 Å². The van der Waals surface area contributed by atoms with E-state index in [1.807, 2.05) is 31.2 Å². The van der Waals surface area contributed by atoms with E-state index in [1.54, 1.807) is 12.3 Å². The van der Waals surface area contributed by atoms with Crippen LogP contribution in [0.4, 0.5) is 11.4 Å². The van der Waals surface area contributed by atoms with Crippen molar-refractivity contribution in [3.8, 4) is 17.8 Å². The Morgan fingerprint density at radius 3 is 2.40 bits per heavy atom. The zero-order chi connectivity index (χ0) is 17.8. The van der Waals surface area contributed by atoms with Crippen molar-refractivity contribution in [3.05, 3.63) is 47.5 Å². The molecule has 1 aliphatic carbocycles. The van der Waals surface area contributed by atoms with Crippen molar-refractivity contribution >= 4 is 11.4 Å². The third-order valence-corrected chi connectivity index (χ3v) is 4.88. The van der Waals surface area contributed by atoms with Crippen LogP contribution in [-0.2, 0) is 4.74 Å². The highest BCUT2D eigenvalue weighted by molar-refractivity contribution is 5.58. The maximum absolute atomic E-state index is 8.61. The third-order valence-electron chi connectivity index (χ3n) is 4.88. The zero-order valence-corrected chi connectivity index (χ0v) is 14.4. The summed E-state index contributed by atoms with van der Waals surface area (Å²) in [4.78, 5) is 0. The summed E-state index contributed by atoms with van der Waals surface area (Å²) >= 11 is 0. The van der Waals surface area contributed by atoms with Crippen LogP contribution in [0.1, 0.15) is 42.7 Å². The first kappa shape index (κ1) is 17.0. The molecule has 0 amide bonds. The molecule has 1 aliphatic rings. The molecule has 25 heavy (non-hydrogen) atoms. The SMILES string of the molecule is Cc1ccc(Oc2ccc(C3CCC(OC#N)CC3)cc2N)cc1N. The van der Waals surface area contributed by atoms with E-state index in [4.69, 9.17) is 26.2 Å². The fourth-order valence-electron chi connectivity index (χ4n) is 3.31. The highest BCUT2D eigenvalue weighted by Crippen LogP contribution is 2.37. The summed E-state index contributed by atoms with van der Waals surface area (Å²) in [6, 6.07) is 11.6. The molecule has 1 fully saturated rings. The predicted octanol–water partition coefficient (Wildman–Crippen LogP) is 4.48. The van der Waals surface area contributed by atoms with Crippen LogP contribution in [0.5, 0.6) is 11.5 Å². The van der Waals surface area contributed by atoms with Crippen molar-refractivity contribution < 1.29 is 9.47 Å². The number of rotatable bonds is 4. The maximum Gasteiger partial charge on any atom is 0.286 e. The van der Waals surface area contributed by atoms with Gasteiger partial charge in [0, 0.05) is 11.8 Å². The smallest absolute Gasteiger partial charge is 0.286 e. The van der Waals surface area contributed by atoms with E-state index < -0.39 is 0 Å². The van der Waals surface area contributed by atoms with Gasteiger partial charge in [0.1, 0.15) is 17.6 Å². The van der Waals surface area contributed by atoms with Crippen molar-refractivity contribution in [1.82, 2.24) is 0 Å². The minimum absolute atomic E-state index is 0.0631. The molecule has 130 valence electrons. The van der Waals surface area contributed by atoms with Crippen molar-refractivity contribution in [2.24, 2.45) is 0 Å². The fourth-order valence-corrected chi connectivity index (χ4v) is 3.31. The second kappa shape index (κ2) is 7.35. The standard InChI is InChI=1S/C20H23N3O2/c1-13-2-6-17(11-18(13)22)25-20-9-5-15(10-19(20)23)14-3-7-16(8-4-14)24-12-21/h2,5-6,9-11,14,16H,3-4,7-8,22-23H2,1H3. The number of nitriles is 1. The summed E-state index contributed by atoms with van der Waals surface area (Å²) in [6.07, 6.45) is 5.66. The van der Waals surface area contributed by atoms with E-state index in [9.17, 15) is 0 Å². The molecular formula is C20H23N3O2. The number of hydrogen-bond acceptors (Lipinski definition) is 5. The summed E-state index contributed by atoms with van der Waals surface area (Å²) in [6.45, 7) is 1.96. The van der Waals surface area contributed by atoms with Gasteiger partial charge in [-0.1, -0.05) is 12.1 Å². The number of nitrogen functional groups attached to an aromatic ring is 2. The van der Waals surface area contributed by atoms with E-state index in [2.05, 4.69) is 6.07 Å². The van der Waals surface area contributed by atoms with Gasteiger partial charge in [-0.3, -0.25) is 0 Å². The van der Waals surface area contributed by atoms with Gasteiger partial charge in [0.15, 0.2) is 0 Å². The van der Waals surface area contributed by atoms with Gasteiger partial charge in [0.25, 0.3) is 6.26 Å². The molecule has 0 atom stereocenters. The predicted molar refractivity (Wildman–Crippen MR) is 98.2 cm³/mol. The highest BCUT2D eigenvalue weighted by Gasteiger charge is 2.23. The average molecular weight is 337 g/mol. The molecule has 5 heteroatoms. The molecule has 2 aromatic rings. The van der Waals surface area contributed by atoms with Crippen molar-refractivity contribution in [2.45, 2.75) is 44.6 Å². The second-order valence-electron chi connectivity index (χ2n) is 6.60. The topological polar surface area (TPSA) is 94.3 Å². The molecule has 0 spiro atoms. The van der Waals surface area contributed by atoms with Gasteiger partial charge in [-0.2, -0.15) is 5.26 Å². The summed E-state index contributed by atoms with van der Waals surface area (Å²) < 4.78 is 10.9. The Bertz CT molecular complexity index is 790. The number of anilines is 2. The van der Waals surface area contributed by atoms with E-state index in [1.165, 1.54) is 5.56 Å². The maximum atomic E-state index is 8.61. The largest absolute Gasteiger partial charge is 0.455 e. The van der Waals surface area contributed by atoms with Crippen LogP contribution in [0.3, 0.4) is 0 Å². The van der Waals surface area contributed by atoms with Gasteiger partial charge in [-0.15, -0.1) is 0 Å². The van der Waals surface area contributed by atoms with Crippen LogP contribution >= 0.6 is 0 Å². The summed E-state index contributed by atoms with van der Waals surface area (Å²) in [5.74, 6) is 1.76. The second-order valence-corrected chi connectivity index (χ2v) is 6.60. The first-order chi connectivity index (χ1) is 12.1. The Balaban J connectivity index is 1.69. The average Bonchev–Trinajstić information content (AvgIpc) is 2.61. The van der Waals surface area contributed by atoms with Gasteiger partial charge in [0.2, 0.25) is 0 Å². The molecule has 5 nitrogen and oxygen atoms in total. The molecular weight excluding hydrogens is 314 g/mol. The molecule has 0 heterocycles. The van der Waals surface area contributed by atoms with Gasteiger partial charge >= 0.3 is 0 Å². The quantitative estimate of drug-likeness (QED) is 0.634. The fraction of sp³-hybridized carbons (Fsp3) is 0.350. The molecule has 0 bridgehead atoms. The van der Waals surface area contributed by atoms with Gasteiger partial charge in [0.05, 0.1) is 5.69 Å². The summed E-state index contributed by atoms with van der Waals surface area (Å²) in [7, 11) is 0. The Labute approximate surface area is 148 Å². The Hall–Kier alpha value is -2.87. The van der Waals surface area contributed by atoms with E-state index in [0.29, 0.717) is 28.8 Å². The number of ether oxygens (including phenoxy) is 2.